The predicted octanol–water partition coefficient (Wildman–Crippen LogP) is 3.92. The average Bonchev–Trinajstić information content (AvgIpc) is 2.82. The second kappa shape index (κ2) is 8.67. The summed E-state index contributed by atoms with van der Waals surface area (Å²) in [4.78, 5) is 13.4. The van der Waals surface area contributed by atoms with Crippen molar-refractivity contribution in [3.8, 4) is 23.3 Å². The molecule has 0 saturated carbocycles. The number of nitrogens with two attached hydrogens (primary N) is 1. The molecule has 7 nitrogen and oxygen atoms in total. The van der Waals surface area contributed by atoms with Gasteiger partial charge in [0, 0.05) is 18.4 Å². The van der Waals surface area contributed by atoms with E-state index >= 15 is 0 Å². The van der Waals surface area contributed by atoms with Crippen LogP contribution in [0.4, 0.5) is 0 Å². The number of ketones is 1. The molecule has 0 amide bonds. The van der Waals surface area contributed by atoms with Gasteiger partial charge in [0.2, 0.25) is 5.88 Å². The monoisotopic (exact) mass is 432 g/mol. The summed E-state index contributed by atoms with van der Waals surface area (Å²) < 4.78 is 21.8. The quantitative estimate of drug-likeness (QED) is 0.764. The fourth-order valence-corrected chi connectivity index (χ4v) is 4.38. The van der Waals surface area contributed by atoms with Gasteiger partial charge in [0.05, 0.1) is 27.2 Å². The second-order valence-electron chi connectivity index (χ2n) is 7.68. The van der Waals surface area contributed by atoms with Gasteiger partial charge in [-0.3, -0.25) is 4.79 Å². The van der Waals surface area contributed by atoms with Crippen molar-refractivity contribution in [1.82, 2.24) is 0 Å². The maximum atomic E-state index is 13.4. The van der Waals surface area contributed by atoms with E-state index < -0.39 is 5.92 Å². The zero-order valence-electron chi connectivity index (χ0n) is 18.2. The molecule has 2 atom stereocenters. The van der Waals surface area contributed by atoms with Crippen molar-refractivity contribution in [2.75, 3.05) is 21.3 Å². The maximum Gasteiger partial charge on any atom is 0.205 e. The molecule has 2 unspecified atom stereocenters. The molecule has 7 heteroatoms. The van der Waals surface area contributed by atoms with Crippen LogP contribution in [0.15, 0.2) is 65.3 Å². The fourth-order valence-electron chi connectivity index (χ4n) is 4.38. The summed E-state index contributed by atoms with van der Waals surface area (Å²) in [5.74, 6) is 1.73. The first-order valence-electron chi connectivity index (χ1n) is 10.2. The first-order chi connectivity index (χ1) is 15.5. The molecule has 0 bridgehead atoms. The number of carbonyl (C=O) groups excluding carboxylic acids is 1. The lowest BCUT2D eigenvalue weighted by Crippen LogP contribution is -2.29. The van der Waals surface area contributed by atoms with E-state index in [1.54, 1.807) is 33.5 Å². The summed E-state index contributed by atoms with van der Waals surface area (Å²) in [6.45, 7) is 0. The molecular formula is C25H24N2O5. The lowest BCUT2D eigenvalue weighted by atomic mass is 9.73. The number of hydrogen-bond acceptors (Lipinski definition) is 7. The summed E-state index contributed by atoms with van der Waals surface area (Å²) in [6, 6.07) is 15.1. The first-order valence-corrected chi connectivity index (χ1v) is 10.2. The summed E-state index contributed by atoms with van der Waals surface area (Å²) in [7, 11) is 4.74. The molecule has 32 heavy (non-hydrogen) atoms. The van der Waals surface area contributed by atoms with Gasteiger partial charge in [-0.2, -0.15) is 5.26 Å². The van der Waals surface area contributed by atoms with E-state index in [0.717, 1.165) is 11.1 Å². The molecule has 1 aliphatic heterocycles. The molecule has 2 N–H and O–H groups in total. The molecular weight excluding hydrogens is 408 g/mol. The van der Waals surface area contributed by atoms with Gasteiger partial charge in [0.1, 0.15) is 23.2 Å². The van der Waals surface area contributed by atoms with Crippen LogP contribution in [0.1, 0.15) is 35.8 Å². The minimum atomic E-state index is -0.562. The Morgan fingerprint density at radius 1 is 0.969 bits per heavy atom. The second-order valence-corrected chi connectivity index (χ2v) is 7.68. The Balaban J connectivity index is 1.74. The number of rotatable bonds is 5. The maximum absolute atomic E-state index is 13.4. The zero-order valence-corrected chi connectivity index (χ0v) is 18.2. The molecule has 2 aromatic carbocycles. The topological polar surface area (TPSA) is 104 Å². The molecule has 1 aliphatic carbocycles. The summed E-state index contributed by atoms with van der Waals surface area (Å²) >= 11 is 0. The molecule has 0 radical (unpaired) electrons. The smallest absolute Gasteiger partial charge is 0.205 e. The Labute approximate surface area is 186 Å². The Kier molecular flexibility index (Phi) is 5.78. The first kappa shape index (κ1) is 21.3. The van der Waals surface area contributed by atoms with Crippen LogP contribution >= 0.6 is 0 Å². The Morgan fingerprint density at radius 3 is 2.28 bits per heavy atom. The van der Waals surface area contributed by atoms with Gasteiger partial charge < -0.3 is 24.7 Å². The number of nitrogens with zero attached hydrogens (tertiary/aromatic N) is 1. The van der Waals surface area contributed by atoms with Crippen molar-refractivity contribution >= 4 is 5.78 Å². The number of Topliss-reactive ketones (excluding diaryl/α,β-unsaturated/α-hetero) is 1. The largest absolute Gasteiger partial charge is 0.497 e. The van der Waals surface area contributed by atoms with E-state index in [1.165, 1.54) is 0 Å². The third kappa shape index (κ3) is 3.65. The summed E-state index contributed by atoms with van der Waals surface area (Å²) in [5.41, 5.74) is 8.60. The van der Waals surface area contributed by atoms with Crippen molar-refractivity contribution in [3.05, 3.63) is 76.4 Å². The third-order valence-corrected chi connectivity index (χ3v) is 5.99. The number of ether oxygens (including phenoxy) is 4. The van der Waals surface area contributed by atoms with Gasteiger partial charge in [0.15, 0.2) is 17.3 Å². The van der Waals surface area contributed by atoms with Gasteiger partial charge >= 0.3 is 0 Å². The van der Waals surface area contributed by atoms with Crippen LogP contribution in [-0.2, 0) is 9.53 Å². The van der Waals surface area contributed by atoms with Crippen LogP contribution < -0.4 is 19.9 Å². The average molecular weight is 432 g/mol. The molecule has 164 valence electrons. The standard InChI is InChI=1S/C25H24N2O5/c1-29-17-7-4-14(5-8-17)23-18(13-26)25(27)32-22-12-16(10-19(28)24(22)23)15-6-9-20(30-2)21(11-15)31-3/h4-9,11,16,23H,10,12,27H2,1-3H3. The van der Waals surface area contributed by atoms with E-state index in [-0.39, 0.29) is 23.2 Å². The molecule has 0 spiro atoms. The predicted molar refractivity (Wildman–Crippen MR) is 117 cm³/mol. The molecule has 4 rings (SSSR count). The normalized spacial score (nSPS) is 20.2. The number of nitriles is 1. The van der Waals surface area contributed by atoms with Crippen LogP contribution in [0.2, 0.25) is 0 Å². The van der Waals surface area contributed by atoms with E-state index in [0.29, 0.717) is 41.4 Å². The van der Waals surface area contributed by atoms with Gasteiger partial charge in [-0.1, -0.05) is 18.2 Å². The van der Waals surface area contributed by atoms with Crippen molar-refractivity contribution in [2.24, 2.45) is 5.73 Å². The highest BCUT2D eigenvalue weighted by Crippen LogP contribution is 2.47. The Morgan fingerprint density at radius 2 is 1.66 bits per heavy atom. The molecule has 1 heterocycles. The van der Waals surface area contributed by atoms with Gasteiger partial charge in [0.25, 0.3) is 0 Å². The fraction of sp³-hybridized carbons (Fsp3) is 0.280. The van der Waals surface area contributed by atoms with E-state index in [4.69, 9.17) is 24.7 Å². The van der Waals surface area contributed by atoms with Crippen LogP contribution in [0.5, 0.6) is 17.2 Å². The number of benzene rings is 2. The molecule has 0 saturated heterocycles. The van der Waals surface area contributed by atoms with Crippen molar-refractivity contribution in [1.29, 1.82) is 5.26 Å². The number of methoxy groups -OCH3 is 3. The van der Waals surface area contributed by atoms with E-state index in [2.05, 4.69) is 6.07 Å². The van der Waals surface area contributed by atoms with Crippen LogP contribution in [-0.4, -0.2) is 27.1 Å². The third-order valence-electron chi connectivity index (χ3n) is 5.99. The van der Waals surface area contributed by atoms with Gasteiger partial charge in [-0.15, -0.1) is 0 Å². The molecule has 2 aliphatic rings. The van der Waals surface area contributed by atoms with Crippen molar-refractivity contribution in [3.63, 3.8) is 0 Å². The molecule has 2 aromatic rings. The van der Waals surface area contributed by atoms with Gasteiger partial charge in [-0.05, 0) is 41.3 Å². The highest BCUT2D eigenvalue weighted by atomic mass is 16.5. The number of carbonyl (C=O) groups is 1. The Bertz CT molecular complexity index is 1160. The highest BCUT2D eigenvalue weighted by molar-refractivity contribution is 6.00. The molecule has 0 aromatic heterocycles. The van der Waals surface area contributed by atoms with Crippen LogP contribution in [0, 0.1) is 11.3 Å². The van der Waals surface area contributed by atoms with Crippen molar-refractivity contribution in [2.45, 2.75) is 24.7 Å². The highest BCUT2D eigenvalue weighted by Gasteiger charge is 2.41. The lowest BCUT2D eigenvalue weighted by molar-refractivity contribution is -0.117. The number of allylic oxidation sites excluding steroid dienone is 3. The van der Waals surface area contributed by atoms with Gasteiger partial charge in [-0.25, -0.2) is 0 Å². The van der Waals surface area contributed by atoms with Crippen LogP contribution in [0.3, 0.4) is 0 Å². The van der Waals surface area contributed by atoms with E-state index in [1.807, 2.05) is 30.3 Å². The summed E-state index contributed by atoms with van der Waals surface area (Å²) in [6.07, 6.45) is 0.783. The van der Waals surface area contributed by atoms with E-state index in [9.17, 15) is 10.1 Å². The summed E-state index contributed by atoms with van der Waals surface area (Å²) in [5, 5.41) is 9.76. The number of hydrogen-bond donors (Lipinski definition) is 1. The van der Waals surface area contributed by atoms with Crippen molar-refractivity contribution < 1.29 is 23.7 Å². The lowest BCUT2D eigenvalue weighted by Gasteiger charge is -2.34. The van der Waals surface area contributed by atoms with Crippen LogP contribution in [0.25, 0.3) is 0 Å². The SMILES string of the molecule is COc1ccc(C2C(C#N)=C(N)OC3=C2C(=O)CC(c2ccc(OC)c(OC)c2)C3)cc1. The minimum absolute atomic E-state index is 0.0350. The minimum Gasteiger partial charge on any atom is -0.497 e. The zero-order chi connectivity index (χ0) is 22.8. The molecule has 0 fully saturated rings. The Hall–Kier alpha value is -3.92.